The number of nitrogens with two attached hydrogens (primary N) is 1. The van der Waals surface area contributed by atoms with Gasteiger partial charge in [-0.05, 0) is 37.3 Å². The van der Waals surface area contributed by atoms with Crippen LogP contribution in [0.5, 0.6) is 0 Å². The van der Waals surface area contributed by atoms with Gasteiger partial charge >= 0.3 is 0 Å². The number of nitrogens with zero attached hydrogens (tertiary/aromatic N) is 1. The Labute approximate surface area is 130 Å². The maximum absolute atomic E-state index is 14.3. The number of sulfonamides is 1. The molecule has 21 heavy (non-hydrogen) atoms. The van der Waals surface area contributed by atoms with Crippen molar-refractivity contribution in [2.45, 2.75) is 37.6 Å². The summed E-state index contributed by atoms with van der Waals surface area (Å²) in [6, 6.07) is 2.53. The molecule has 0 aliphatic carbocycles. The van der Waals surface area contributed by atoms with Gasteiger partial charge in [0.25, 0.3) is 0 Å². The third-order valence-corrected chi connectivity index (χ3v) is 6.01. The number of hydrogen-bond acceptors (Lipinski definition) is 3. The first-order valence-electron chi connectivity index (χ1n) is 7.04. The minimum absolute atomic E-state index is 0.0913. The minimum Gasteiger partial charge on any atom is -0.326 e. The van der Waals surface area contributed by atoms with Crippen molar-refractivity contribution < 1.29 is 12.8 Å². The second-order valence-corrected chi connectivity index (χ2v) is 7.86. The van der Waals surface area contributed by atoms with Gasteiger partial charge in [-0.3, -0.25) is 0 Å². The smallest absolute Gasteiger partial charge is 0.246 e. The molecule has 1 aliphatic heterocycles. The highest BCUT2D eigenvalue weighted by Crippen LogP contribution is 2.28. The average Bonchev–Trinajstić information content (AvgIpc) is 2.66. The molecule has 0 spiro atoms. The molecule has 0 aromatic heterocycles. The van der Waals surface area contributed by atoms with Crippen LogP contribution in [0.4, 0.5) is 4.39 Å². The lowest BCUT2D eigenvalue weighted by atomic mass is 10.0. The molecule has 0 radical (unpaired) electrons. The van der Waals surface area contributed by atoms with Crippen LogP contribution < -0.4 is 5.73 Å². The van der Waals surface area contributed by atoms with Crippen LogP contribution in [0.1, 0.15) is 31.7 Å². The van der Waals surface area contributed by atoms with E-state index in [0.717, 1.165) is 19.3 Å². The first-order chi connectivity index (χ1) is 9.86. The number of hydrogen-bond donors (Lipinski definition) is 1. The molecule has 4 nitrogen and oxygen atoms in total. The second-order valence-electron chi connectivity index (χ2n) is 5.52. The molecule has 1 aromatic rings. The molecule has 1 aliphatic rings. The number of halogens is 2. The van der Waals surface area contributed by atoms with E-state index < -0.39 is 15.8 Å². The Morgan fingerprint density at radius 2 is 2.10 bits per heavy atom. The average molecular weight is 335 g/mol. The van der Waals surface area contributed by atoms with Gasteiger partial charge in [0.05, 0.1) is 0 Å². The summed E-state index contributed by atoms with van der Waals surface area (Å²) in [6.45, 7) is 2.83. The second kappa shape index (κ2) is 6.60. The Bertz CT molecular complexity index is 622. The zero-order valence-electron chi connectivity index (χ0n) is 12.0. The van der Waals surface area contributed by atoms with Crippen LogP contribution in [-0.4, -0.2) is 25.8 Å². The van der Waals surface area contributed by atoms with E-state index >= 15 is 0 Å². The van der Waals surface area contributed by atoms with Gasteiger partial charge < -0.3 is 5.73 Å². The molecule has 1 fully saturated rings. The van der Waals surface area contributed by atoms with Gasteiger partial charge in [-0.25, -0.2) is 12.8 Å². The minimum atomic E-state index is -3.88. The van der Waals surface area contributed by atoms with Crippen molar-refractivity contribution in [3.63, 3.8) is 0 Å². The Kier molecular flexibility index (Phi) is 5.24. The summed E-state index contributed by atoms with van der Waals surface area (Å²) in [7, 11) is -3.88. The molecule has 7 heteroatoms. The molecule has 1 aromatic carbocycles. The molecule has 1 saturated heterocycles. The van der Waals surface area contributed by atoms with Crippen molar-refractivity contribution in [1.29, 1.82) is 0 Å². The van der Waals surface area contributed by atoms with Gasteiger partial charge in [-0.2, -0.15) is 4.31 Å². The van der Waals surface area contributed by atoms with Crippen LogP contribution in [0, 0.1) is 11.7 Å². The quantitative estimate of drug-likeness (QED) is 0.924. The van der Waals surface area contributed by atoms with Crippen LogP contribution >= 0.6 is 11.6 Å². The van der Waals surface area contributed by atoms with E-state index in [9.17, 15) is 12.8 Å². The number of rotatable bonds is 3. The summed E-state index contributed by atoms with van der Waals surface area (Å²) in [5.41, 5.74) is 5.56. The first kappa shape index (κ1) is 16.7. The lowest BCUT2D eigenvalue weighted by molar-refractivity contribution is 0.412. The molecule has 0 bridgehead atoms. The Balaban J connectivity index is 2.42. The molecule has 0 amide bonds. The fourth-order valence-electron chi connectivity index (χ4n) is 2.57. The van der Waals surface area contributed by atoms with Crippen molar-refractivity contribution in [3.8, 4) is 0 Å². The molecule has 118 valence electrons. The summed E-state index contributed by atoms with van der Waals surface area (Å²) in [6.07, 6.45) is 2.55. The molecule has 0 saturated carbocycles. The molecule has 1 heterocycles. The SMILES string of the molecule is CC1CCCN(S(=O)(=O)c2cc(Cl)cc(CN)c2F)CC1. The fourth-order valence-corrected chi connectivity index (χ4v) is 4.50. The highest BCUT2D eigenvalue weighted by molar-refractivity contribution is 7.89. The fraction of sp³-hybridized carbons (Fsp3) is 0.571. The monoisotopic (exact) mass is 334 g/mol. The van der Waals surface area contributed by atoms with E-state index in [0.29, 0.717) is 19.0 Å². The normalized spacial score (nSPS) is 21.2. The Morgan fingerprint density at radius 1 is 1.38 bits per heavy atom. The molecule has 2 rings (SSSR count). The zero-order valence-corrected chi connectivity index (χ0v) is 13.6. The standard InChI is InChI=1S/C14H20ClFN2O2S/c1-10-3-2-5-18(6-4-10)21(19,20)13-8-12(15)7-11(9-17)14(13)16/h7-8,10H,2-6,9,17H2,1H3. The van der Waals surface area contributed by atoms with Crippen LogP contribution in [0.3, 0.4) is 0 Å². The van der Waals surface area contributed by atoms with Gasteiger partial charge in [0, 0.05) is 30.2 Å². The number of benzene rings is 1. The summed E-state index contributed by atoms with van der Waals surface area (Å²) in [4.78, 5) is -0.370. The Morgan fingerprint density at radius 3 is 2.76 bits per heavy atom. The lowest BCUT2D eigenvalue weighted by Gasteiger charge is -2.21. The van der Waals surface area contributed by atoms with Crippen molar-refractivity contribution in [1.82, 2.24) is 4.31 Å². The van der Waals surface area contributed by atoms with Gasteiger partial charge in [0.15, 0.2) is 0 Å². The van der Waals surface area contributed by atoms with E-state index in [1.165, 1.54) is 16.4 Å². The van der Waals surface area contributed by atoms with Crippen molar-refractivity contribution in [2.75, 3.05) is 13.1 Å². The van der Waals surface area contributed by atoms with Crippen LogP contribution in [0.15, 0.2) is 17.0 Å². The molecule has 2 N–H and O–H groups in total. The lowest BCUT2D eigenvalue weighted by Crippen LogP contribution is -2.33. The predicted octanol–water partition coefficient (Wildman–Crippen LogP) is 2.75. The zero-order chi connectivity index (χ0) is 15.6. The summed E-state index contributed by atoms with van der Waals surface area (Å²) in [5.74, 6) is -0.312. The van der Waals surface area contributed by atoms with E-state index in [-0.39, 0.29) is 22.0 Å². The van der Waals surface area contributed by atoms with Crippen LogP contribution in [-0.2, 0) is 16.6 Å². The summed E-state index contributed by atoms with van der Waals surface area (Å²) in [5, 5.41) is 0.179. The molecule has 1 atom stereocenters. The van der Waals surface area contributed by atoms with Crippen LogP contribution in [0.2, 0.25) is 5.02 Å². The topological polar surface area (TPSA) is 63.4 Å². The van der Waals surface area contributed by atoms with Crippen molar-refractivity contribution in [3.05, 3.63) is 28.5 Å². The molecular weight excluding hydrogens is 315 g/mol. The van der Waals surface area contributed by atoms with Gasteiger partial charge in [0.2, 0.25) is 10.0 Å². The maximum atomic E-state index is 14.3. The molecular formula is C14H20ClFN2O2S. The van der Waals surface area contributed by atoms with E-state index in [1.54, 1.807) is 0 Å². The van der Waals surface area contributed by atoms with E-state index in [1.807, 2.05) is 0 Å². The summed E-state index contributed by atoms with van der Waals surface area (Å²) < 4.78 is 41.0. The molecule has 1 unspecified atom stereocenters. The Hall–Kier alpha value is -0.690. The third kappa shape index (κ3) is 3.56. The van der Waals surface area contributed by atoms with Gasteiger partial charge in [0.1, 0.15) is 10.7 Å². The van der Waals surface area contributed by atoms with Crippen LogP contribution in [0.25, 0.3) is 0 Å². The highest BCUT2D eigenvalue weighted by atomic mass is 35.5. The van der Waals surface area contributed by atoms with E-state index in [4.69, 9.17) is 17.3 Å². The van der Waals surface area contributed by atoms with Gasteiger partial charge in [-0.1, -0.05) is 18.5 Å². The predicted molar refractivity (Wildman–Crippen MR) is 81.1 cm³/mol. The summed E-state index contributed by atoms with van der Waals surface area (Å²) >= 11 is 5.90. The highest BCUT2D eigenvalue weighted by Gasteiger charge is 2.30. The van der Waals surface area contributed by atoms with E-state index in [2.05, 4.69) is 6.92 Å². The first-order valence-corrected chi connectivity index (χ1v) is 8.86. The third-order valence-electron chi connectivity index (χ3n) is 3.89. The largest absolute Gasteiger partial charge is 0.326 e. The van der Waals surface area contributed by atoms with Gasteiger partial charge in [-0.15, -0.1) is 0 Å². The van der Waals surface area contributed by atoms with Crippen molar-refractivity contribution >= 4 is 21.6 Å². The van der Waals surface area contributed by atoms with Crippen molar-refractivity contribution in [2.24, 2.45) is 11.7 Å². The maximum Gasteiger partial charge on any atom is 0.246 e.